The fourth-order valence-corrected chi connectivity index (χ4v) is 3.65. The predicted octanol–water partition coefficient (Wildman–Crippen LogP) is 6.54. The van der Waals surface area contributed by atoms with Gasteiger partial charge in [-0.1, -0.05) is 35.3 Å². The van der Waals surface area contributed by atoms with E-state index < -0.39 is 22.9 Å². The van der Waals surface area contributed by atoms with Crippen molar-refractivity contribution in [2.75, 3.05) is 0 Å². The molecule has 0 saturated carbocycles. The van der Waals surface area contributed by atoms with Crippen LogP contribution in [0.1, 0.15) is 22.1 Å². The van der Waals surface area contributed by atoms with Crippen molar-refractivity contribution in [3.05, 3.63) is 55.4 Å². The van der Waals surface area contributed by atoms with Gasteiger partial charge in [0.05, 0.1) is 19.6 Å². The first-order valence-corrected chi connectivity index (χ1v) is 7.17. The van der Waals surface area contributed by atoms with Crippen LogP contribution in [0.15, 0.2) is 24.3 Å². The Morgan fingerprint density at radius 3 is 2.25 bits per heavy atom. The highest BCUT2D eigenvalue weighted by atomic mass is 35.5. The Morgan fingerprint density at radius 2 is 1.75 bits per heavy atom. The maximum absolute atomic E-state index is 14.0. The van der Waals surface area contributed by atoms with Gasteiger partial charge in [0.25, 0.3) is 0 Å². The summed E-state index contributed by atoms with van der Waals surface area (Å²) in [5, 5.41) is -1.14. The highest BCUT2D eigenvalue weighted by Gasteiger charge is 2.36. The summed E-state index contributed by atoms with van der Waals surface area (Å²) in [5.74, 6) is -1.40. The molecule has 0 N–H and O–H groups in total. The number of hydrogen-bond donors (Lipinski definition) is 0. The van der Waals surface area contributed by atoms with E-state index in [2.05, 4.69) is 0 Å². The monoisotopic (exact) mass is 362 g/mol. The quantitative estimate of drug-likeness (QED) is 0.420. The second-order valence-electron chi connectivity index (χ2n) is 3.85. The number of hydrogen-bond acceptors (Lipinski definition) is 1. The first-order valence-electron chi connectivity index (χ1n) is 5.16. The fraction of sp³-hybridized carbons (Fsp3) is 0.167. The number of thiophene rings is 1. The van der Waals surface area contributed by atoms with Gasteiger partial charge in [0.1, 0.15) is 5.82 Å². The summed E-state index contributed by atoms with van der Waals surface area (Å²) in [6.07, 6.45) is -4.78. The Bertz CT molecular complexity index is 636. The fourth-order valence-electron chi connectivity index (χ4n) is 1.66. The van der Waals surface area contributed by atoms with Crippen LogP contribution in [0.2, 0.25) is 8.67 Å². The Kier molecular flexibility index (Phi) is 4.54. The summed E-state index contributed by atoms with van der Waals surface area (Å²) in [5.41, 5.74) is -1.38. The molecule has 0 spiro atoms. The van der Waals surface area contributed by atoms with Crippen molar-refractivity contribution in [1.29, 1.82) is 0 Å². The summed E-state index contributed by atoms with van der Waals surface area (Å²) in [4.78, 5) is 0. The molecule has 0 saturated heterocycles. The Hall–Kier alpha value is -0.490. The van der Waals surface area contributed by atoms with E-state index in [1.807, 2.05) is 0 Å². The third-order valence-electron chi connectivity index (χ3n) is 2.56. The van der Waals surface area contributed by atoms with E-state index in [0.29, 0.717) is 10.4 Å². The van der Waals surface area contributed by atoms with Gasteiger partial charge in [-0.25, -0.2) is 4.39 Å². The minimum atomic E-state index is -4.78. The summed E-state index contributed by atoms with van der Waals surface area (Å²) in [6.45, 7) is 0. The zero-order valence-corrected chi connectivity index (χ0v) is 12.5. The van der Waals surface area contributed by atoms with Gasteiger partial charge in [-0.15, -0.1) is 22.9 Å². The number of benzene rings is 1. The Balaban J connectivity index is 2.51. The van der Waals surface area contributed by atoms with E-state index in [1.54, 1.807) is 0 Å². The smallest absolute Gasteiger partial charge is 0.206 e. The molecule has 0 nitrogen and oxygen atoms in total. The second-order valence-corrected chi connectivity index (χ2v) is 6.57. The largest absolute Gasteiger partial charge is 0.419 e. The lowest BCUT2D eigenvalue weighted by Crippen LogP contribution is -2.10. The van der Waals surface area contributed by atoms with Crippen molar-refractivity contribution in [3.8, 4) is 0 Å². The van der Waals surface area contributed by atoms with Crippen LogP contribution in [0.3, 0.4) is 0 Å². The molecule has 0 fully saturated rings. The molecule has 0 aliphatic rings. The van der Waals surface area contributed by atoms with Gasteiger partial charge in [-0.05, 0) is 12.1 Å². The summed E-state index contributed by atoms with van der Waals surface area (Å²) in [7, 11) is 0. The predicted molar refractivity (Wildman–Crippen MR) is 73.4 cm³/mol. The van der Waals surface area contributed by atoms with Gasteiger partial charge >= 0.3 is 6.18 Å². The highest BCUT2D eigenvalue weighted by molar-refractivity contribution is 7.20. The molecule has 1 unspecified atom stereocenters. The van der Waals surface area contributed by atoms with Crippen LogP contribution < -0.4 is 0 Å². The van der Waals surface area contributed by atoms with Gasteiger partial charge in [-0.3, -0.25) is 0 Å². The average Bonchev–Trinajstić information content (AvgIpc) is 2.66. The SMILES string of the molecule is Fc1c(C(Cl)c2cc(Cl)sc2Cl)cccc1C(F)(F)F. The van der Waals surface area contributed by atoms with Crippen LogP contribution in [0.4, 0.5) is 17.6 Å². The number of alkyl halides is 4. The van der Waals surface area contributed by atoms with E-state index in [4.69, 9.17) is 34.8 Å². The standard InChI is InChI=1S/C12H5Cl3F4S/c13-8-4-6(11(15)20-8)9(14)5-2-1-3-7(10(5)16)12(17,18)19/h1-4,9H. The zero-order chi connectivity index (χ0) is 15.1. The van der Waals surface area contributed by atoms with Gasteiger partial charge in [0, 0.05) is 11.1 Å². The van der Waals surface area contributed by atoms with Crippen LogP contribution in [0.25, 0.3) is 0 Å². The van der Waals surface area contributed by atoms with Crippen LogP contribution in [-0.4, -0.2) is 0 Å². The lowest BCUT2D eigenvalue weighted by molar-refractivity contribution is -0.140. The molecule has 108 valence electrons. The van der Waals surface area contributed by atoms with Crippen molar-refractivity contribution < 1.29 is 17.6 Å². The zero-order valence-electron chi connectivity index (χ0n) is 9.44. The van der Waals surface area contributed by atoms with E-state index in [-0.39, 0.29) is 15.5 Å². The van der Waals surface area contributed by atoms with Gasteiger partial charge in [0.2, 0.25) is 0 Å². The lowest BCUT2D eigenvalue weighted by Gasteiger charge is -2.14. The molecule has 2 aromatic rings. The summed E-state index contributed by atoms with van der Waals surface area (Å²) < 4.78 is 52.5. The third-order valence-corrected chi connectivity index (χ3v) is 4.55. The van der Waals surface area contributed by atoms with Crippen LogP contribution >= 0.6 is 46.1 Å². The molecule has 0 radical (unpaired) electrons. The van der Waals surface area contributed by atoms with Crippen molar-refractivity contribution in [3.63, 3.8) is 0 Å². The molecule has 0 aliphatic carbocycles. The molecule has 1 heterocycles. The molecule has 1 aromatic carbocycles. The van der Waals surface area contributed by atoms with Crippen LogP contribution in [0.5, 0.6) is 0 Å². The second kappa shape index (κ2) is 5.72. The summed E-state index contributed by atoms with van der Waals surface area (Å²) in [6, 6.07) is 4.35. The molecule has 2 rings (SSSR count). The minimum Gasteiger partial charge on any atom is -0.206 e. The first-order chi connectivity index (χ1) is 9.21. The third kappa shape index (κ3) is 3.06. The normalized spacial score (nSPS) is 13.6. The number of rotatable bonds is 2. The average molecular weight is 364 g/mol. The van der Waals surface area contributed by atoms with E-state index >= 15 is 0 Å². The molecule has 8 heteroatoms. The Labute approximate surface area is 130 Å². The number of halogens is 7. The Morgan fingerprint density at radius 1 is 1.10 bits per heavy atom. The molecule has 1 aromatic heterocycles. The van der Waals surface area contributed by atoms with Gasteiger partial charge < -0.3 is 0 Å². The van der Waals surface area contributed by atoms with Crippen molar-refractivity contribution in [2.24, 2.45) is 0 Å². The van der Waals surface area contributed by atoms with Crippen molar-refractivity contribution >= 4 is 46.1 Å². The minimum absolute atomic E-state index is 0.215. The van der Waals surface area contributed by atoms with Crippen LogP contribution in [-0.2, 0) is 6.18 Å². The molecular formula is C12H5Cl3F4S. The lowest BCUT2D eigenvalue weighted by atomic mass is 10.0. The maximum Gasteiger partial charge on any atom is 0.419 e. The summed E-state index contributed by atoms with van der Waals surface area (Å²) >= 11 is 18.7. The molecule has 20 heavy (non-hydrogen) atoms. The van der Waals surface area contributed by atoms with E-state index in [9.17, 15) is 17.6 Å². The molecule has 0 amide bonds. The van der Waals surface area contributed by atoms with Gasteiger partial charge in [0.15, 0.2) is 0 Å². The first kappa shape index (κ1) is 15.9. The molecular weight excluding hydrogens is 359 g/mol. The molecule has 0 aliphatic heterocycles. The highest BCUT2D eigenvalue weighted by Crippen LogP contribution is 2.43. The van der Waals surface area contributed by atoms with Crippen LogP contribution in [0, 0.1) is 5.82 Å². The van der Waals surface area contributed by atoms with E-state index in [1.165, 1.54) is 12.1 Å². The molecule has 0 bridgehead atoms. The van der Waals surface area contributed by atoms with Gasteiger partial charge in [-0.2, -0.15) is 13.2 Å². The molecule has 1 atom stereocenters. The van der Waals surface area contributed by atoms with E-state index in [0.717, 1.165) is 17.4 Å². The topological polar surface area (TPSA) is 0 Å². The van der Waals surface area contributed by atoms with Crippen molar-refractivity contribution in [2.45, 2.75) is 11.6 Å². The maximum atomic E-state index is 14.0. The van der Waals surface area contributed by atoms with Crippen molar-refractivity contribution in [1.82, 2.24) is 0 Å².